The standard InChI is InChI=1S/C10H10ClN5/c11-10-13-2-1-9(14-10)15-3-4-16-7-12-5-8(16)6-15/h1-2,5,7H,3-4,6H2. The van der Waals surface area contributed by atoms with Gasteiger partial charge in [-0.15, -0.1) is 0 Å². The predicted octanol–water partition coefficient (Wildman–Crippen LogP) is 1.35. The van der Waals surface area contributed by atoms with Crippen LogP contribution in [-0.2, 0) is 13.1 Å². The lowest BCUT2D eigenvalue weighted by molar-refractivity contribution is 0.567. The molecule has 1 aliphatic rings. The van der Waals surface area contributed by atoms with Crippen molar-refractivity contribution in [2.45, 2.75) is 13.1 Å². The summed E-state index contributed by atoms with van der Waals surface area (Å²) in [5, 5.41) is 0.289. The largest absolute Gasteiger partial charge is 0.349 e. The van der Waals surface area contributed by atoms with Crippen LogP contribution in [0.4, 0.5) is 5.82 Å². The van der Waals surface area contributed by atoms with Gasteiger partial charge in [0.15, 0.2) is 0 Å². The summed E-state index contributed by atoms with van der Waals surface area (Å²) in [7, 11) is 0. The minimum absolute atomic E-state index is 0.289. The van der Waals surface area contributed by atoms with Gasteiger partial charge in [0.05, 0.1) is 18.6 Å². The SMILES string of the molecule is Clc1nccc(N2CCn3cncc3C2)n1. The van der Waals surface area contributed by atoms with E-state index in [-0.39, 0.29) is 5.28 Å². The lowest BCUT2D eigenvalue weighted by Crippen LogP contribution is -2.33. The van der Waals surface area contributed by atoms with Crippen LogP contribution in [0.3, 0.4) is 0 Å². The molecule has 0 N–H and O–H groups in total. The van der Waals surface area contributed by atoms with Gasteiger partial charge in [-0.2, -0.15) is 0 Å². The quantitative estimate of drug-likeness (QED) is 0.700. The van der Waals surface area contributed by atoms with Crippen LogP contribution < -0.4 is 4.90 Å². The van der Waals surface area contributed by atoms with Crippen molar-refractivity contribution < 1.29 is 0 Å². The Morgan fingerprint density at radius 2 is 2.25 bits per heavy atom. The lowest BCUT2D eigenvalue weighted by Gasteiger charge is -2.28. The number of halogens is 1. The summed E-state index contributed by atoms with van der Waals surface area (Å²) in [6.45, 7) is 2.65. The smallest absolute Gasteiger partial charge is 0.224 e. The van der Waals surface area contributed by atoms with E-state index in [2.05, 4.69) is 24.4 Å². The molecule has 6 heteroatoms. The van der Waals surface area contributed by atoms with Crippen molar-refractivity contribution in [3.8, 4) is 0 Å². The lowest BCUT2D eigenvalue weighted by atomic mass is 10.3. The van der Waals surface area contributed by atoms with E-state index in [1.54, 1.807) is 6.20 Å². The molecule has 0 saturated heterocycles. The number of fused-ring (bicyclic) bond motifs is 1. The third-order valence-electron chi connectivity index (χ3n) is 2.70. The van der Waals surface area contributed by atoms with E-state index in [1.165, 1.54) is 5.69 Å². The van der Waals surface area contributed by atoms with Crippen LogP contribution in [0.2, 0.25) is 5.28 Å². The van der Waals surface area contributed by atoms with Gasteiger partial charge in [-0.25, -0.2) is 15.0 Å². The number of hydrogen-bond donors (Lipinski definition) is 0. The number of hydrogen-bond acceptors (Lipinski definition) is 4. The minimum Gasteiger partial charge on any atom is -0.349 e. The number of anilines is 1. The van der Waals surface area contributed by atoms with E-state index >= 15 is 0 Å². The van der Waals surface area contributed by atoms with Gasteiger partial charge in [0.2, 0.25) is 5.28 Å². The van der Waals surface area contributed by atoms with Crippen LogP contribution in [0.5, 0.6) is 0 Å². The molecule has 3 heterocycles. The van der Waals surface area contributed by atoms with E-state index < -0.39 is 0 Å². The highest BCUT2D eigenvalue weighted by Crippen LogP contribution is 2.18. The first-order chi connectivity index (χ1) is 7.83. The number of aromatic nitrogens is 4. The second-order valence-electron chi connectivity index (χ2n) is 3.68. The van der Waals surface area contributed by atoms with Crippen LogP contribution >= 0.6 is 11.6 Å². The third kappa shape index (κ3) is 1.63. The fourth-order valence-electron chi connectivity index (χ4n) is 1.88. The van der Waals surface area contributed by atoms with Gasteiger partial charge in [0.25, 0.3) is 0 Å². The second kappa shape index (κ2) is 3.75. The summed E-state index contributed by atoms with van der Waals surface area (Å²) in [5.41, 5.74) is 1.20. The molecule has 0 aliphatic carbocycles. The Labute approximate surface area is 97.7 Å². The molecular weight excluding hydrogens is 226 g/mol. The summed E-state index contributed by atoms with van der Waals surface area (Å²) in [6, 6.07) is 1.87. The normalized spacial score (nSPS) is 14.9. The zero-order valence-electron chi connectivity index (χ0n) is 8.54. The molecule has 5 nitrogen and oxygen atoms in total. The number of nitrogens with zero attached hydrogens (tertiary/aromatic N) is 5. The third-order valence-corrected chi connectivity index (χ3v) is 2.88. The van der Waals surface area contributed by atoms with Crippen LogP contribution in [0.15, 0.2) is 24.8 Å². The Morgan fingerprint density at radius 1 is 1.31 bits per heavy atom. The highest BCUT2D eigenvalue weighted by Gasteiger charge is 2.17. The first-order valence-electron chi connectivity index (χ1n) is 5.05. The molecule has 0 radical (unpaired) electrons. The highest BCUT2D eigenvalue weighted by atomic mass is 35.5. The van der Waals surface area contributed by atoms with E-state index in [1.807, 2.05) is 18.6 Å². The second-order valence-corrected chi connectivity index (χ2v) is 4.02. The fourth-order valence-corrected chi connectivity index (χ4v) is 2.02. The maximum Gasteiger partial charge on any atom is 0.224 e. The molecule has 0 atom stereocenters. The maximum absolute atomic E-state index is 5.78. The van der Waals surface area contributed by atoms with Gasteiger partial charge in [0, 0.05) is 25.5 Å². The molecule has 0 amide bonds. The molecule has 0 bridgehead atoms. The Morgan fingerprint density at radius 3 is 3.12 bits per heavy atom. The van der Waals surface area contributed by atoms with Crippen molar-refractivity contribution in [3.05, 3.63) is 35.8 Å². The molecule has 3 rings (SSSR count). The monoisotopic (exact) mass is 235 g/mol. The molecular formula is C10H10ClN5. The van der Waals surface area contributed by atoms with Crippen molar-refractivity contribution >= 4 is 17.4 Å². The molecule has 16 heavy (non-hydrogen) atoms. The molecule has 0 fully saturated rings. The van der Waals surface area contributed by atoms with Crippen molar-refractivity contribution in [1.29, 1.82) is 0 Å². The first kappa shape index (κ1) is 9.59. The summed E-state index contributed by atoms with van der Waals surface area (Å²) < 4.78 is 2.15. The van der Waals surface area contributed by atoms with Gasteiger partial charge in [-0.1, -0.05) is 0 Å². The molecule has 1 aliphatic heterocycles. The van der Waals surface area contributed by atoms with Gasteiger partial charge >= 0.3 is 0 Å². The number of rotatable bonds is 1. The van der Waals surface area contributed by atoms with Crippen LogP contribution in [-0.4, -0.2) is 26.1 Å². The topological polar surface area (TPSA) is 46.8 Å². The molecule has 82 valence electrons. The highest BCUT2D eigenvalue weighted by molar-refractivity contribution is 6.28. The van der Waals surface area contributed by atoms with Gasteiger partial charge in [-0.05, 0) is 17.7 Å². The molecule has 0 saturated carbocycles. The van der Waals surface area contributed by atoms with Crippen molar-refractivity contribution in [2.75, 3.05) is 11.4 Å². The maximum atomic E-state index is 5.78. The Bertz CT molecular complexity index is 509. The zero-order chi connectivity index (χ0) is 11.0. The average Bonchev–Trinajstić information content (AvgIpc) is 2.75. The van der Waals surface area contributed by atoms with E-state index in [0.717, 1.165) is 25.5 Å². The number of imidazole rings is 1. The fraction of sp³-hybridized carbons (Fsp3) is 0.300. The van der Waals surface area contributed by atoms with Crippen molar-refractivity contribution in [3.63, 3.8) is 0 Å². The molecule has 2 aromatic heterocycles. The van der Waals surface area contributed by atoms with Gasteiger partial charge in [-0.3, -0.25) is 0 Å². The van der Waals surface area contributed by atoms with Gasteiger partial charge < -0.3 is 9.47 Å². The van der Waals surface area contributed by atoms with Crippen molar-refractivity contribution in [1.82, 2.24) is 19.5 Å². The summed E-state index contributed by atoms with van der Waals surface area (Å²) in [5.74, 6) is 0.868. The Kier molecular flexibility index (Phi) is 2.25. The summed E-state index contributed by atoms with van der Waals surface area (Å²) in [6.07, 6.45) is 5.42. The molecule has 0 spiro atoms. The zero-order valence-corrected chi connectivity index (χ0v) is 9.30. The Hall–Kier alpha value is -1.62. The van der Waals surface area contributed by atoms with E-state index in [0.29, 0.717) is 0 Å². The Balaban J connectivity index is 1.88. The first-order valence-corrected chi connectivity index (χ1v) is 5.43. The van der Waals surface area contributed by atoms with Crippen molar-refractivity contribution in [2.24, 2.45) is 0 Å². The molecule has 0 aromatic carbocycles. The van der Waals surface area contributed by atoms with E-state index in [9.17, 15) is 0 Å². The molecule has 0 unspecified atom stereocenters. The summed E-state index contributed by atoms with van der Waals surface area (Å²) >= 11 is 5.78. The van der Waals surface area contributed by atoms with Crippen LogP contribution in [0, 0.1) is 0 Å². The predicted molar refractivity (Wildman–Crippen MR) is 60.3 cm³/mol. The summed E-state index contributed by atoms with van der Waals surface area (Å²) in [4.78, 5) is 14.4. The minimum atomic E-state index is 0.289. The molecule has 2 aromatic rings. The van der Waals surface area contributed by atoms with E-state index in [4.69, 9.17) is 11.6 Å². The average molecular weight is 236 g/mol. The van der Waals surface area contributed by atoms with Crippen LogP contribution in [0.25, 0.3) is 0 Å². The van der Waals surface area contributed by atoms with Crippen LogP contribution in [0.1, 0.15) is 5.69 Å². The van der Waals surface area contributed by atoms with Gasteiger partial charge in [0.1, 0.15) is 5.82 Å².